The molecule has 1 atom stereocenters. The van der Waals surface area contributed by atoms with E-state index in [1.54, 1.807) is 20.4 Å². The Morgan fingerprint density at radius 1 is 1.47 bits per heavy atom. The van der Waals surface area contributed by atoms with Crippen molar-refractivity contribution < 1.29 is 9.47 Å². The number of ether oxygens (including phenoxy) is 2. The van der Waals surface area contributed by atoms with Crippen molar-refractivity contribution in [2.45, 2.75) is 13.0 Å². The summed E-state index contributed by atoms with van der Waals surface area (Å²) in [6.07, 6.45) is 1.72. The molecule has 0 aromatic carbocycles. The van der Waals surface area contributed by atoms with Crippen molar-refractivity contribution in [2.24, 2.45) is 0 Å². The van der Waals surface area contributed by atoms with Gasteiger partial charge in [0.05, 0.1) is 19.8 Å². The molecule has 84 valence electrons. The molecule has 0 saturated heterocycles. The molecule has 0 fully saturated rings. The quantitative estimate of drug-likeness (QED) is 0.770. The summed E-state index contributed by atoms with van der Waals surface area (Å²) in [7, 11) is 3.31. The van der Waals surface area contributed by atoms with Gasteiger partial charge in [0, 0.05) is 18.9 Å². The predicted octanol–water partition coefficient (Wildman–Crippen LogP) is 1.39. The standard InChI is InChI=1S/C11H18N2O2/c1-4-12-10(8-14-2)9-6-5-7-13-11(9)15-3/h5-7,10,12H,4,8H2,1-3H3. The third-order valence-electron chi connectivity index (χ3n) is 2.15. The zero-order valence-electron chi connectivity index (χ0n) is 9.49. The lowest BCUT2D eigenvalue weighted by atomic mass is 10.1. The van der Waals surface area contributed by atoms with Crippen molar-refractivity contribution >= 4 is 0 Å². The molecule has 0 spiro atoms. The molecule has 1 aromatic rings. The average molecular weight is 210 g/mol. The second-order valence-corrected chi connectivity index (χ2v) is 3.17. The van der Waals surface area contributed by atoms with E-state index in [4.69, 9.17) is 9.47 Å². The maximum atomic E-state index is 5.21. The summed E-state index contributed by atoms with van der Waals surface area (Å²) in [4.78, 5) is 4.16. The molecule has 4 heteroatoms. The maximum absolute atomic E-state index is 5.21. The van der Waals surface area contributed by atoms with Crippen LogP contribution in [0.25, 0.3) is 0 Å². The van der Waals surface area contributed by atoms with Gasteiger partial charge in [-0.1, -0.05) is 13.0 Å². The highest BCUT2D eigenvalue weighted by Crippen LogP contribution is 2.22. The van der Waals surface area contributed by atoms with Gasteiger partial charge < -0.3 is 14.8 Å². The van der Waals surface area contributed by atoms with Crippen LogP contribution in [0, 0.1) is 0 Å². The molecule has 0 radical (unpaired) electrons. The SMILES string of the molecule is CCNC(COC)c1cccnc1OC. The van der Waals surface area contributed by atoms with Gasteiger partial charge in [0.25, 0.3) is 0 Å². The van der Waals surface area contributed by atoms with E-state index in [1.807, 2.05) is 12.1 Å². The Labute approximate surface area is 90.6 Å². The molecule has 1 N–H and O–H groups in total. The lowest BCUT2D eigenvalue weighted by molar-refractivity contribution is 0.166. The third kappa shape index (κ3) is 3.18. The Balaban J connectivity index is 2.88. The van der Waals surface area contributed by atoms with E-state index < -0.39 is 0 Å². The van der Waals surface area contributed by atoms with E-state index in [9.17, 15) is 0 Å². The molecule has 0 amide bonds. The normalized spacial score (nSPS) is 12.5. The van der Waals surface area contributed by atoms with E-state index in [-0.39, 0.29) is 6.04 Å². The van der Waals surface area contributed by atoms with Crippen molar-refractivity contribution in [1.82, 2.24) is 10.3 Å². The van der Waals surface area contributed by atoms with Crippen LogP contribution in [0.4, 0.5) is 0 Å². The molecule has 1 unspecified atom stereocenters. The fourth-order valence-electron chi connectivity index (χ4n) is 1.51. The van der Waals surface area contributed by atoms with Crippen LogP contribution in [0.15, 0.2) is 18.3 Å². The average Bonchev–Trinajstić information content (AvgIpc) is 2.29. The van der Waals surface area contributed by atoms with Gasteiger partial charge in [0.1, 0.15) is 0 Å². The molecule has 1 rings (SSSR count). The minimum atomic E-state index is 0.128. The number of hydrogen-bond acceptors (Lipinski definition) is 4. The van der Waals surface area contributed by atoms with Gasteiger partial charge in [-0.2, -0.15) is 0 Å². The third-order valence-corrected chi connectivity index (χ3v) is 2.15. The first-order valence-electron chi connectivity index (χ1n) is 5.04. The lowest BCUT2D eigenvalue weighted by Gasteiger charge is -2.18. The Kier molecular flexibility index (Phi) is 5.07. The number of hydrogen-bond donors (Lipinski definition) is 1. The molecular formula is C11H18N2O2. The van der Waals surface area contributed by atoms with Gasteiger partial charge in [-0.15, -0.1) is 0 Å². The van der Waals surface area contributed by atoms with Gasteiger partial charge in [-0.05, 0) is 12.6 Å². The van der Waals surface area contributed by atoms with Gasteiger partial charge in [-0.3, -0.25) is 0 Å². The topological polar surface area (TPSA) is 43.4 Å². The smallest absolute Gasteiger partial charge is 0.217 e. The molecular weight excluding hydrogens is 192 g/mol. The molecule has 4 nitrogen and oxygen atoms in total. The number of rotatable bonds is 6. The minimum Gasteiger partial charge on any atom is -0.481 e. The summed E-state index contributed by atoms with van der Waals surface area (Å²) in [5.41, 5.74) is 1.03. The summed E-state index contributed by atoms with van der Waals surface area (Å²) in [6, 6.07) is 4.03. The van der Waals surface area contributed by atoms with Crippen molar-refractivity contribution in [1.29, 1.82) is 0 Å². The zero-order chi connectivity index (χ0) is 11.1. The predicted molar refractivity (Wildman–Crippen MR) is 59.1 cm³/mol. The van der Waals surface area contributed by atoms with Gasteiger partial charge >= 0.3 is 0 Å². The van der Waals surface area contributed by atoms with Crippen molar-refractivity contribution in [3.63, 3.8) is 0 Å². The first-order chi connectivity index (χ1) is 7.33. The first kappa shape index (κ1) is 11.9. The zero-order valence-corrected chi connectivity index (χ0v) is 9.49. The van der Waals surface area contributed by atoms with Crippen molar-refractivity contribution in [3.8, 4) is 5.88 Å². The number of methoxy groups -OCH3 is 2. The summed E-state index contributed by atoms with van der Waals surface area (Å²) in [6.45, 7) is 3.55. The van der Waals surface area contributed by atoms with E-state index in [0.29, 0.717) is 12.5 Å². The molecule has 0 saturated carbocycles. The molecule has 0 bridgehead atoms. The van der Waals surface area contributed by atoms with Crippen LogP contribution in [0.1, 0.15) is 18.5 Å². The Morgan fingerprint density at radius 3 is 2.87 bits per heavy atom. The van der Waals surface area contributed by atoms with Gasteiger partial charge in [0.15, 0.2) is 0 Å². The summed E-state index contributed by atoms with van der Waals surface area (Å²) in [5.74, 6) is 0.653. The van der Waals surface area contributed by atoms with E-state index >= 15 is 0 Å². The first-order valence-corrected chi connectivity index (χ1v) is 5.04. The molecule has 0 aliphatic rings. The molecule has 1 heterocycles. The number of aromatic nitrogens is 1. The van der Waals surface area contributed by atoms with E-state index in [2.05, 4.69) is 17.2 Å². The minimum absolute atomic E-state index is 0.128. The Bertz CT molecular complexity index is 286. The van der Waals surface area contributed by atoms with Crippen LogP contribution in [0.2, 0.25) is 0 Å². The van der Waals surface area contributed by atoms with E-state index in [0.717, 1.165) is 12.1 Å². The molecule has 1 aromatic heterocycles. The number of nitrogens with zero attached hydrogens (tertiary/aromatic N) is 1. The van der Waals surface area contributed by atoms with Gasteiger partial charge in [-0.25, -0.2) is 4.98 Å². The van der Waals surface area contributed by atoms with Crippen LogP contribution >= 0.6 is 0 Å². The monoisotopic (exact) mass is 210 g/mol. The molecule has 0 aliphatic carbocycles. The van der Waals surface area contributed by atoms with Crippen LogP contribution in [-0.2, 0) is 4.74 Å². The fourth-order valence-corrected chi connectivity index (χ4v) is 1.51. The molecule has 0 aliphatic heterocycles. The van der Waals surface area contributed by atoms with Gasteiger partial charge in [0.2, 0.25) is 5.88 Å². The number of likely N-dealkylation sites (N-methyl/N-ethyl adjacent to an activating group) is 1. The highest BCUT2D eigenvalue weighted by molar-refractivity contribution is 5.28. The number of nitrogens with one attached hydrogen (secondary N) is 1. The Morgan fingerprint density at radius 2 is 2.27 bits per heavy atom. The fraction of sp³-hybridized carbons (Fsp3) is 0.545. The summed E-state index contributed by atoms with van der Waals surface area (Å²) >= 11 is 0. The van der Waals surface area contributed by atoms with E-state index in [1.165, 1.54) is 0 Å². The van der Waals surface area contributed by atoms with Crippen molar-refractivity contribution in [2.75, 3.05) is 27.4 Å². The largest absolute Gasteiger partial charge is 0.481 e. The molecule has 15 heavy (non-hydrogen) atoms. The van der Waals surface area contributed by atoms with Crippen molar-refractivity contribution in [3.05, 3.63) is 23.9 Å². The maximum Gasteiger partial charge on any atom is 0.217 e. The van der Waals surface area contributed by atoms with Crippen LogP contribution in [0.3, 0.4) is 0 Å². The lowest BCUT2D eigenvalue weighted by Crippen LogP contribution is -2.25. The highest BCUT2D eigenvalue weighted by Gasteiger charge is 2.15. The summed E-state index contributed by atoms with van der Waals surface area (Å²) in [5, 5.41) is 3.33. The Hall–Kier alpha value is -1.13. The second-order valence-electron chi connectivity index (χ2n) is 3.17. The highest BCUT2D eigenvalue weighted by atomic mass is 16.5. The van der Waals surface area contributed by atoms with Crippen LogP contribution < -0.4 is 10.1 Å². The summed E-state index contributed by atoms with van der Waals surface area (Å²) < 4.78 is 10.4. The number of pyridine rings is 1. The second kappa shape index (κ2) is 6.37. The van der Waals surface area contributed by atoms with Crippen LogP contribution in [-0.4, -0.2) is 32.4 Å². The van der Waals surface area contributed by atoms with Crippen LogP contribution in [0.5, 0.6) is 5.88 Å².